The molecular weight excluding hydrogens is 673 g/mol. The third-order valence-electron chi connectivity index (χ3n) is 10.8. The quantitative estimate of drug-likeness (QED) is 0.0349. The summed E-state index contributed by atoms with van der Waals surface area (Å²) in [4.78, 5) is 37.6. The summed E-state index contributed by atoms with van der Waals surface area (Å²) in [6, 6.07) is 0. The number of carbonyl (C=O) groups excluding carboxylic acids is 3. The molecule has 1 atom stereocenters. The number of ether oxygens (including phenoxy) is 3. The summed E-state index contributed by atoms with van der Waals surface area (Å²) < 4.78 is 16.7. The van der Waals surface area contributed by atoms with Crippen LogP contribution in [-0.2, 0) is 28.6 Å². The van der Waals surface area contributed by atoms with Crippen LogP contribution in [0.2, 0.25) is 0 Å². The van der Waals surface area contributed by atoms with Gasteiger partial charge in [0.15, 0.2) is 6.10 Å². The first-order valence-corrected chi connectivity index (χ1v) is 23.9. The standard InChI is InChI=1S/C48H92O6/c1-5-7-9-11-13-14-20-24-28-32-36-40-47(50)53-43-45(42-52-46(49)39-35-31-26-12-10-8-6-2)54-48(51)41-37-33-29-25-22-19-17-15-16-18-21-23-27-30-34-38-44(3)4/h44-45H,5-43H2,1-4H3/t45-/m1/s1. The van der Waals surface area contributed by atoms with Crippen molar-refractivity contribution in [2.45, 2.75) is 271 Å². The van der Waals surface area contributed by atoms with Gasteiger partial charge in [-0.3, -0.25) is 14.4 Å². The van der Waals surface area contributed by atoms with E-state index >= 15 is 0 Å². The van der Waals surface area contributed by atoms with E-state index < -0.39 is 6.10 Å². The van der Waals surface area contributed by atoms with Crippen molar-refractivity contribution in [2.75, 3.05) is 13.2 Å². The summed E-state index contributed by atoms with van der Waals surface area (Å²) in [5.74, 6) is -0.00942. The van der Waals surface area contributed by atoms with Crippen LogP contribution in [0.4, 0.5) is 0 Å². The molecule has 0 saturated heterocycles. The molecule has 0 radical (unpaired) electrons. The predicted octanol–water partition coefficient (Wildman–Crippen LogP) is 15.1. The van der Waals surface area contributed by atoms with Crippen molar-refractivity contribution >= 4 is 17.9 Å². The third-order valence-corrected chi connectivity index (χ3v) is 10.8. The van der Waals surface area contributed by atoms with Gasteiger partial charge in [-0.05, 0) is 25.2 Å². The largest absolute Gasteiger partial charge is 0.462 e. The first-order chi connectivity index (χ1) is 26.4. The highest BCUT2D eigenvalue weighted by atomic mass is 16.6. The van der Waals surface area contributed by atoms with Crippen LogP contribution in [0.5, 0.6) is 0 Å². The molecule has 6 heteroatoms. The molecule has 0 fully saturated rings. The molecule has 6 nitrogen and oxygen atoms in total. The number of unbranched alkanes of at least 4 members (excludes halogenated alkanes) is 30. The predicted molar refractivity (Wildman–Crippen MR) is 229 cm³/mol. The maximum absolute atomic E-state index is 12.7. The Morgan fingerprint density at radius 3 is 0.907 bits per heavy atom. The smallest absolute Gasteiger partial charge is 0.306 e. The van der Waals surface area contributed by atoms with Crippen molar-refractivity contribution in [3.05, 3.63) is 0 Å². The second kappa shape index (κ2) is 42.6. The summed E-state index contributed by atoms with van der Waals surface area (Å²) in [6.45, 7) is 8.98. The fourth-order valence-corrected chi connectivity index (χ4v) is 7.16. The maximum atomic E-state index is 12.7. The van der Waals surface area contributed by atoms with Crippen molar-refractivity contribution in [3.8, 4) is 0 Å². The molecule has 0 rings (SSSR count). The van der Waals surface area contributed by atoms with Gasteiger partial charge in [-0.25, -0.2) is 0 Å². The molecule has 0 aromatic rings. The first kappa shape index (κ1) is 52.4. The fraction of sp³-hybridized carbons (Fsp3) is 0.938. The van der Waals surface area contributed by atoms with Crippen LogP contribution in [0.25, 0.3) is 0 Å². The molecule has 0 heterocycles. The highest BCUT2D eigenvalue weighted by Crippen LogP contribution is 2.17. The van der Waals surface area contributed by atoms with Gasteiger partial charge >= 0.3 is 17.9 Å². The van der Waals surface area contributed by atoms with Crippen LogP contribution in [0, 0.1) is 5.92 Å². The molecule has 0 aromatic carbocycles. The Hall–Kier alpha value is -1.59. The maximum Gasteiger partial charge on any atom is 0.306 e. The van der Waals surface area contributed by atoms with E-state index in [2.05, 4.69) is 27.7 Å². The zero-order valence-corrected chi connectivity index (χ0v) is 36.7. The summed E-state index contributed by atoms with van der Waals surface area (Å²) in [7, 11) is 0. The average Bonchev–Trinajstić information content (AvgIpc) is 3.15. The van der Waals surface area contributed by atoms with Gasteiger partial charge in [0.05, 0.1) is 0 Å². The lowest BCUT2D eigenvalue weighted by molar-refractivity contribution is -0.167. The van der Waals surface area contributed by atoms with Crippen molar-refractivity contribution in [1.82, 2.24) is 0 Å². The van der Waals surface area contributed by atoms with Crippen LogP contribution >= 0.6 is 0 Å². The SMILES string of the molecule is CCCCCCCCCCCCCC(=O)OC[C@@H](COC(=O)CCCCCCCCC)OC(=O)CCCCCCCCCCCCCCCCCC(C)C. The van der Waals surface area contributed by atoms with Crippen molar-refractivity contribution < 1.29 is 28.6 Å². The summed E-state index contributed by atoms with van der Waals surface area (Å²) in [6.07, 6.45) is 42.4. The van der Waals surface area contributed by atoms with Crippen molar-refractivity contribution in [2.24, 2.45) is 5.92 Å². The van der Waals surface area contributed by atoms with E-state index in [1.54, 1.807) is 0 Å². The Morgan fingerprint density at radius 2 is 0.611 bits per heavy atom. The lowest BCUT2D eigenvalue weighted by Crippen LogP contribution is -2.30. The van der Waals surface area contributed by atoms with Gasteiger partial charge in [-0.2, -0.15) is 0 Å². The lowest BCUT2D eigenvalue weighted by Gasteiger charge is -2.18. The minimum absolute atomic E-state index is 0.0637. The molecule has 0 aliphatic heterocycles. The van der Waals surface area contributed by atoms with E-state index in [4.69, 9.17) is 14.2 Å². The fourth-order valence-electron chi connectivity index (χ4n) is 7.16. The zero-order chi connectivity index (χ0) is 39.6. The second-order valence-corrected chi connectivity index (χ2v) is 16.9. The van der Waals surface area contributed by atoms with Crippen LogP contribution in [0.1, 0.15) is 265 Å². The molecule has 0 amide bonds. The summed E-state index contributed by atoms with van der Waals surface area (Å²) in [5, 5.41) is 0. The minimum atomic E-state index is -0.758. The van der Waals surface area contributed by atoms with E-state index in [1.807, 2.05) is 0 Å². The molecule has 0 unspecified atom stereocenters. The van der Waals surface area contributed by atoms with E-state index in [1.165, 1.54) is 161 Å². The van der Waals surface area contributed by atoms with Crippen LogP contribution in [0.3, 0.4) is 0 Å². The number of hydrogen-bond donors (Lipinski definition) is 0. The van der Waals surface area contributed by atoms with Gasteiger partial charge in [0, 0.05) is 19.3 Å². The monoisotopic (exact) mass is 765 g/mol. The Balaban J connectivity index is 4.20. The number of carbonyl (C=O) groups is 3. The van der Waals surface area contributed by atoms with Gasteiger partial charge < -0.3 is 14.2 Å². The Labute approximate surface area is 336 Å². The summed E-state index contributed by atoms with van der Waals surface area (Å²) in [5.41, 5.74) is 0. The molecule has 320 valence electrons. The van der Waals surface area contributed by atoms with Gasteiger partial charge in [0.25, 0.3) is 0 Å². The minimum Gasteiger partial charge on any atom is -0.462 e. The normalized spacial score (nSPS) is 11.9. The molecule has 0 spiro atoms. The molecule has 0 saturated carbocycles. The van der Waals surface area contributed by atoms with Crippen molar-refractivity contribution in [3.63, 3.8) is 0 Å². The van der Waals surface area contributed by atoms with Gasteiger partial charge in [0.2, 0.25) is 0 Å². The highest BCUT2D eigenvalue weighted by Gasteiger charge is 2.19. The number of esters is 3. The topological polar surface area (TPSA) is 78.9 Å². The molecule has 54 heavy (non-hydrogen) atoms. The van der Waals surface area contributed by atoms with E-state index in [9.17, 15) is 14.4 Å². The number of rotatable bonds is 43. The highest BCUT2D eigenvalue weighted by molar-refractivity contribution is 5.71. The first-order valence-electron chi connectivity index (χ1n) is 23.9. The Morgan fingerprint density at radius 1 is 0.352 bits per heavy atom. The van der Waals surface area contributed by atoms with Crippen LogP contribution in [0.15, 0.2) is 0 Å². The zero-order valence-electron chi connectivity index (χ0n) is 36.7. The molecule has 0 aromatic heterocycles. The molecule has 0 aliphatic rings. The van der Waals surface area contributed by atoms with Crippen LogP contribution < -0.4 is 0 Å². The van der Waals surface area contributed by atoms with E-state index in [0.717, 1.165) is 63.7 Å². The lowest BCUT2D eigenvalue weighted by atomic mass is 10.0. The van der Waals surface area contributed by atoms with Crippen molar-refractivity contribution in [1.29, 1.82) is 0 Å². The van der Waals surface area contributed by atoms with E-state index in [-0.39, 0.29) is 31.1 Å². The molecule has 0 aliphatic carbocycles. The molecule has 0 bridgehead atoms. The Bertz CT molecular complexity index is 811. The van der Waals surface area contributed by atoms with E-state index in [0.29, 0.717) is 19.3 Å². The second-order valence-electron chi connectivity index (χ2n) is 16.9. The van der Waals surface area contributed by atoms with Crippen LogP contribution in [-0.4, -0.2) is 37.2 Å². The average molecular weight is 765 g/mol. The molecular formula is C48H92O6. The van der Waals surface area contributed by atoms with Gasteiger partial charge in [0.1, 0.15) is 13.2 Å². The third kappa shape index (κ3) is 41.6. The summed E-state index contributed by atoms with van der Waals surface area (Å²) >= 11 is 0. The molecule has 0 N–H and O–H groups in total. The van der Waals surface area contributed by atoms with Gasteiger partial charge in [-0.15, -0.1) is 0 Å². The van der Waals surface area contributed by atoms with Gasteiger partial charge in [-0.1, -0.05) is 227 Å². The Kier molecular flexibility index (Phi) is 41.3. The number of hydrogen-bond acceptors (Lipinski definition) is 6.